The molecule has 0 aliphatic heterocycles. The van der Waals surface area contributed by atoms with E-state index < -0.39 is 11.6 Å². The summed E-state index contributed by atoms with van der Waals surface area (Å²) < 4.78 is 4.62. The van der Waals surface area contributed by atoms with E-state index in [1.54, 1.807) is 32.0 Å². The molecule has 0 heterocycles. The van der Waals surface area contributed by atoms with Crippen LogP contribution in [0.4, 0.5) is 5.69 Å². The number of nitrogens with one attached hydrogen (secondary N) is 1. The van der Waals surface area contributed by atoms with Gasteiger partial charge in [0, 0.05) is 6.54 Å². The van der Waals surface area contributed by atoms with E-state index in [9.17, 15) is 9.90 Å². The zero-order valence-electron chi connectivity index (χ0n) is 10.1. The Morgan fingerprint density at radius 3 is 2.71 bits per heavy atom. The van der Waals surface area contributed by atoms with Crippen LogP contribution in [-0.2, 0) is 4.74 Å². The third kappa shape index (κ3) is 4.24. The first-order valence-electron chi connectivity index (χ1n) is 5.17. The number of anilines is 1. The summed E-state index contributed by atoms with van der Waals surface area (Å²) in [4.78, 5) is 11.3. The number of carbonyl (C=O) groups is 1. The second-order valence-corrected chi connectivity index (χ2v) is 4.76. The Morgan fingerprint density at radius 2 is 2.18 bits per heavy atom. The highest BCUT2D eigenvalue weighted by Gasteiger charge is 2.14. The Balaban J connectivity index is 2.87. The van der Waals surface area contributed by atoms with Gasteiger partial charge in [-0.1, -0.05) is 11.6 Å². The molecule has 2 N–H and O–H groups in total. The zero-order chi connectivity index (χ0) is 13.1. The lowest BCUT2D eigenvalue weighted by molar-refractivity contribution is 0.0601. The molecule has 0 aromatic heterocycles. The summed E-state index contributed by atoms with van der Waals surface area (Å²) in [6.45, 7) is 3.69. The number of hydrogen-bond acceptors (Lipinski definition) is 4. The van der Waals surface area contributed by atoms with Crippen LogP contribution in [0.25, 0.3) is 0 Å². The third-order valence-corrected chi connectivity index (χ3v) is 2.43. The fourth-order valence-corrected chi connectivity index (χ4v) is 1.40. The molecule has 0 saturated carbocycles. The summed E-state index contributed by atoms with van der Waals surface area (Å²) in [7, 11) is 1.32. The fraction of sp³-hybridized carbons (Fsp3) is 0.417. The molecule has 4 nitrogen and oxygen atoms in total. The molecule has 0 fully saturated rings. The Labute approximate surface area is 106 Å². The monoisotopic (exact) mass is 257 g/mol. The third-order valence-electron chi connectivity index (χ3n) is 2.10. The summed E-state index contributed by atoms with van der Waals surface area (Å²) >= 11 is 5.98. The van der Waals surface area contributed by atoms with Gasteiger partial charge in [0.25, 0.3) is 0 Å². The minimum absolute atomic E-state index is 0.331. The zero-order valence-corrected chi connectivity index (χ0v) is 10.8. The van der Waals surface area contributed by atoms with Crippen LogP contribution in [0.1, 0.15) is 24.2 Å². The second-order valence-electron chi connectivity index (χ2n) is 4.35. The molecule has 0 aliphatic rings. The lowest BCUT2D eigenvalue weighted by Gasteiger charge is -2.19. The van der Waals surface area contributed by atoms with E-state index in [2.05, 4.69) is 10.1 Å². The lowest BCUT2D eigenvalue weighted by atomic mass is 10.1. The molecule has 1 rings (SSSR count). The number of ether oxygens (including phenoxy) is 1. The van der Waals surface area contributed by atoms with E-state index in [0.717, 1.165) is 0 Å². The fourth-order valence-electron chi connectivity index (χ4n) is 1.22. The Morgan fingerprint density at radius 1 is 1.53 bits per heavy atom. The number of methoxy groups -OCH3 is 1. The van der Waals surface area contributed by atoms with Crippen LogP contribution in [0.3, 0.4) is 0 Å². The van der Waals surface area contributed by atoms with Crippen molar-refractivity contribution in [2.75, 3.05) is 19.0 Å². The van der Waals surface area contributed by atoms with Crippen LogP contribution in [0.2, 0.25) is 5.02 Å². The van der Waals surface area contributed by atoms with E-state index >= 15 is 0 Å². The van der Waals surface area contributed by atoms with Gasteiger partial charge >= 0.3 is 5.97 Å². The smallest absolute Gasteiger partial charge is 0.337 e. The van der Waals surface area contributed by atoms with Crippen LogP contribution in [-0.4, -0.2) is 30.3 Å². The number of benzene rings is 1. The van der Waals surface area contributed by atoms with Gasteiger partial charge in [0.2, 0.25) is 0 Å². The number of esters is 1. The minimum Gasteiger partial charge on any atom is -0.465 e. The maximum atomic E-state index is 11.3. The number of aliphatic hydroxyl groups is 1. The predicted molar refractivity (Wildman–Crippen MR) is 67.6 cm³/mol. The van der Waals surface area contributed by atoms with Crippen LogP contribution < -0.4 is 5.32 Å². The Bertz CT molecular complexity index is 413. The highest BCUT2D eigenvalue weighted by molar-refractivity contribution is 6.33. The van der Waals surface area contributed by atoms with E-state index in [0.29, 0.717) is 22.8 Å². The highest BCUT2D eigenvalue weighted by Crippen LogP contribution is 2.24. The van der Waals surface area contributed by atoms with E-state index in [1.165, 1.54) is 7.11 Å². The molecular weight excluding hydrogens is 242 g/mol. The molecule has 0 saturated heterocycles. The van der Waals surface area contributed by atoms with E-state index in [-0.39, 0.29) is 0 Å². The maximum absolute atomic E-state index is 11.3. The average molecular weight is 258 g/mol. The van der Waals surface area contributed by atoms with Crippen molar-refractivity contribution >= 4 is 23.3 Å². The number of rotatable bonds is 4. The molecule has 17 heavy (non-hydrogen) atoms. The lowest BCUT2D eigenvalue weighted by Crippen LogP contribution is -2.29. The Hall–Kier alpha value is -1.26. The summed E-state index contributed by atoms with van der Waals surface area (Å²) in [6, 6.07) is 4.80. The van der Waals surface area contributed by atoms with Crippen molar-refractivity contribution in [2.45, 2.75) is 19.4 Å². The number of carbonyl (C=O) groups excluding carboxylic acids is 1. The molecule has 0 unspecified atom stereocenters. The Kier molecular flexibility index (Phi) is 4.37. The quantitative estimate of drug-likeness (QED) is 0.813. The maximum Gasteiger partial charge on any atom is 0.337 e. The largest absolute Gasteiger partial charge is 0.465 e. The molecule has 94 valence electrons. The standard InChI is InChI=1S/C12H16ClNO3/c1-12(2,16)7-14-10-6-8(11(15)17-3)4-5-9(10)13/h4-6,14,16H,7H2,1-3H3. The van der Waals surface area contributed by atoms with Crippen molar-refractivity contribution < 1.29 is 14.6 Å². The molecule has 5 heteroatoms. The van der Waals surface area contributed by atoms with Gasteiger partial charge in [0.15, 0.2) is 0 Å². The van der Waals surface area contributed by atoms with Crippen LogP contribution in [0, 0.1) is 0 Å². The van der Waals surface area contributed by atoms with Gasteiger partial charge in [-0.2, -0.15) is 0 Å². The van der Waals surface area contributed by atoms with Crippen LogP contribution in [0.5, 0.6) is 0 Å². The molecule has 0 bridgehead atoms. The van der Waals surface area contributed by atoms with Crippen molar-refractivity contribution in [1.82, 2.24) is 0 Å². The normalized spacial score (nSPS) is 11.1. The molecule has 0 aliphatic carbocycles. The van der Waals surface area contributed by atoms with Gasteiger partial charge in [0.1, 0.15) is 0 Å². The van der Waals surface area contributed by atoms with Gasteiger partial charge in [0.05, 0.1) is 29.0 Å². The molecule has 1 aromatic rings. The van der Waals surface area contributed by atoms with Gasteiger partial charge in [-0.3, -0.25) is 0 Å². The van der Waals surface area contributed by atoms with Crippen molar-refractivity contribution in [3.05, 3.63) is 28.8 Å². The van der Waals surface area contributed by atoms with Crippen molar-refractivity contribution in [3.8, 4) is 0 Å². The van der Waals surface area contributed by atoms with Crippen molar-refractivity contribution in [1.29, 1.82) is 0 Å². The SMILES string of the molecule is COC(=O)c1ccc(Cl)c(NCC(C)(C)O)c1. The van der Waals surface area contributed by atoms with Gasteiger partial charge in [-0.15, -0.1) is 0 Å². The number of halogens is 1. The topological polar surface area (TPSA) is 58.6 Å². The molecule has 1 aromatic carbocycles. The van der Waals surface area contributed by atoms with Gasteiger partial charge in [-0.05, 0) is 32.0 Å². The van der Waals surface area contributed by atoms with Gasteiger partial charge < -0.3 is 15.2 Å². The first kappa shape index (κ1) is 13.8. The summed E-state index contributed by atoms with van der Waals surface area (Å²) in [5, 5.41) is 13.1. The van der Waals surface area contributed by atoms with Gasteiger partial charge in [-0.25, -0.2) is 4.79 Å². The number of hydrogen-bond donors (Lipinski definition) is 2. The predicted octanol–water partition coefficient (Wildman–Crippen LogP) is 2.31. The second kappa shape index (κ2) is 5.38. The minimum atomic E-state index is -0.857. The molecule has 0 amide bonds. The van der Waals surface area contributed by atoms with Crippen LogP contribution in [0.15, 0.2) is 18.2 Å². The van der Waals surface area contributed by atoms with E-state index in [4.69, 9.17) is 11.6 Å². The molecule has 0 radical (unpaired) electrons. The summed E-state index contributed by atoms with van der Waals surface area (Å²) in [5.74, 6) is -0.423. The molecular formula is C12H16ClNO3. The molecule has 0 atom stereocenters. The highest BCUT2D eigenvalue weighted by atomic mass is 35.5. The van der Waals surface area contributed by atoms with Crippen LogP contribution >= 0.6 is 11.6 Å². The average Bonchev–Trinajstić information content (AvgIpc) is 2.26. The van der Waals surface area contributed by atoms with E-state index in [1.807, 2.05) is 0 Å². The molecule has 0 spiro atoms. The summed E-state index contributed by atoms with van der Waals surface area (Å²) in [5.41, 5.74) is 0.150. The van der Waals surface area contributed by atoms with Crippen molar-refractivity contribution in [3.63, 3.8) is 0 Å². The first-order chi connectivity index (χ1) is 7.83. The van der Waals surface area contributed by atoms with Crippen molar-refractivity contribution in [2.24, 2.45) is 0 Å². The summed E-state index contributed by atoms with van der Waals surface area (Å²) in [6.07, 6.45) is 0. The first-order valence-corrected chi connectivity index (χ1v) is 5.55.